The number of carbonyl (C=O) groups excluding carboxylic acids is 1. The molecule has 29 heavy (non-hydrogen) atoms. The average Bonchev–Trinajstić information content (AvgIpc) is 3.46. The summed E-state index contributed by atoms with van der Waals surface area (Å²) in [6, 6.07) is 8.07. The molecule has 0 spiro atoms. The highest BCUT2D eigenvalue weighted by molar-refractivity contribution is 5.84. The molecule has 1 saturated heterocycles. The molecule has 3 rings (SSSR count). The summed E-state index contributed by atoms with van der Waals surface area (Å²) < 4.78 is 39.7. The van der Waals surface area contributed by atoms with Gasteiger partial charge in [0.1, 0.15) is 0 Å². The lowest BCUT2D eigenvalue weighted by Crippen LogP contribution is -2.55. The SMILES string of the molecule is O=C(O)N1CCC(CN(C(=O)C(F)(F)F)[C@@H]2C[C@H]2c2ccccc2)(C(=O)O)CC1. The third kappa shape index (κ3) is 4.30. The zero-order chi connectivity index (χ0) is 21.4. The lowest BCUT2D eigenvalue weighted by atomic mass is 9.77. The van der Waals surface area contributed by atoms with Gasteiger partial charge in [-0.1, -0.05) is 30.3 Å². The summed E-state index contributed by atoms with van der Waals surface area (Å²) in [4.78, 5) is 36.9. The third-order valence-electron chi connectivity index (χ3n) is 5.81. The van der Waals surface area contributed by atoms with Crippen molar-refractivity contribution in [2.75, 3.05) is 19.6 Å². The summed E-state index contributed by atoms with van der Waals surface area (Å²) in [5.74, 6) is -3.66. The number of nitrogens with zero attached hydrogens (tertiary/aromatic N) is 2. The van der Waals surface area contributed by atoms with Crippen LogP contribution in [0.2, 0.25) is 0 Å². The lowest BCUT2D eigenvalue weighted by Gasteiger charge is -2.41. The summed E-state index contributed by atoms with van der Waals surface area (Å²) in [7, 11) is 0. The van der Waals surface area contributed by atoms with Gasteiger partial charge in [-0.15, -0.1) is 0 Å². The molecule has 2 atom stereocenters. The number of carbonyl (C=O) groups is 3. The minimum atomic E-state index is -5.12. The fourth-order valence-electron chi connectivity index (χ4n) is 3.98. The first-order valence-electron chi connectivity index (χ1n) is 9.19. The molecule has 2 fully saturated rings. The molecule has 158 valence electrons. The number of hydrogen-bond acceptors (Lipinski definition) is 3. The monoisotopic (exact) mass is 414 g/mol. The molecule has 1 aromatic rings. The highest BCUT2D eigenvalue weighted by Gasteiger charge is 2.55. The Bertz CT molecular complexity index is 791. The number of alkyl halides is 3. The van der Waals surface area contributed by atoms with E-state index in [1.807, 2.05) is 0 Å². The Kier molecular flexibility index (Phi) is 5.46. The van der Waals surface area contributed by atoms with Gasteiger partial charge in [-0.3, -0.25) is 9.59 Å². The van der Waals surface area contributed by atoms with E-state index < -0.39 is 42.1 Å². The van der Waals surface area contributed by atoms with Gasteiger partial charge in [0.05, 0.1) is 5.41 Å². The zero-order valence-electron chi connectivity index (χ0n) is 15.4. The number of amides is 2. The van der Waals surface area contributed by atoms with Gasteiger partial charge in [0.15, 0.2) is 0 Å². The van der Waals surface area contributed by atoms with Crippen LogP contribution in [0, 0.1) is 5.41 Å². The molecule has 1 aromatic carbocycles. The van der Waals surface area contributed by atoms with Crippen molar-refractivity contribution in [3.63, 3.8) is 0 Å². The van der Waals surface area contributed by atoms with E-state index >= 15 is 0 Å². The number of rotatable bonds is 5. The highest BCUT2D eigenvalue weighted by Crippen LogP contribution is 2.47. The maximum atomic E-state index is 13.2. The van der Waals surface area contributed by atoms with Crippen LogP contribution < -0.4 is 0 Å². The Morgan fingerprint density at radius 2 is 1.69 bits per heavy atom. The summed E-state index contributed by atoms with van der Waals surface area (Å²) in [6.45, 7) is -0.812. The molecule has 0 unspecified atom stereocenters. The maximum Gasteiger partial charge on any atom is 0.471 e. The predicted octanol–water partition coefficient (Wildman–Crippen LogP) is 2.78. The molecule has 7 nitrogen and oxygen atoms in total. The van der Waals surface area contributed by atoms with Crippen LogP contribution in [-0.4, -0.2) is 69.8 Å². The molecule has 10 heteroatoms. The Labute approximate surface area is 164 Å². The maximum absolute atomic E-state index is 13.2. The number of likely N-dealkylation sites (tertiary alicyclic amines) is 1. The molecular weight excluding hydrogens is 393 g/mol. The van der Waals surface area contributed by atoms with Gasteiger partial charge in [-0.05, 0) is 24.8 Å². The van der Waals surface area contributed by atoms with Crippen LogP contribution in [-0.2, 0) is 9.59 Å². The molecular formula is C19H21F3N2O5. The summed E-state index contributed by atoms with van der Waals surface area (Å²) in [6.07, 6.45) is -6.31. The van der Waals surface area contributed by atoms with E-state index in [1.165, 1.54) is 0 Å². The molecule has 0 bridgehead atoms. The first-order chi connectivity index (χ1) is 13.5. The molecule has 2 N–H and O–H groups in total. The molecule has 1 saturated carbocycles. The second-order valence-corrected chi connectivity index (χ2v) is 7.61. The molecule has 2 amide bonds. The minimum absolute atomic E-state index is 0.109. The van der Waals surface area contributed by atoms with E-state index in [-0.39, 0.29) is 31.8 Å². The van der Waals surface area contributed by atoms with Crippen molar-refractivity contribution in [1.82, 2.24) is 9.80 Å². The van der Waals surface area contributed by atoms with Gasteiger partial charge in [-0.2, -0.15) is 13.2 Å². The Morgan fingerprint density at radius 1 is 1.10 bits per heavy atom. The van der Waals surface area contributed by atoms with Gasteiger partial charge in [0, 0.05) is 31.6 Å². The van der Waals surface area contributed by atoms with Crippen LogP contribution in [0.15, 0.2) is 30.3 Å². The van der Waals surface area contributed by atoms with Crippen molar-refractivity contribution in [3.8, 4) is 0 Å². The third-order valence-corrected chi connectivity index (χ3v) is 5.81. The van der Waals surface area contributed by atoms with Gasteiger partial charge in [0.2, 0.25) is 0 Å². The first kappa shape index (κ1) is 20.9. The smallest absolute Gasteiger partial charge is 0.471 e. The number of benzene rings is 1. The highest BCUT2D eigenvalue weighted by atomic mass is 19.4. The van der Waals surface area contributed by atoms with Crippen molar-refractivity contribution in [2.24, 2.45) is 5.41 Å². The Hall–Kier alpha value is -2.78. The van der Waals surface area contributed by atoms with Crippen LogP contribution in [0.3, 0.4) is 0 Å². The Balaban J connectivity index is 1.84. The normalized spacial score (nSPS) is 23.3. The van der Waals surface area contributed by atoms with Gasteiger partial charge in [-0.25, -0.2) is 4.79 Å². The van der Waals surface area contributed by atoms with Gasteiger partial charge < -0.3 is 20.0 Å². The number of carboxylic acids is 1. The standard InChI is InChI=1S/C19H21F3N2O5/c20-19(21,22)15(25)24(14-10-13(14)12-4-2-1-3-5-12)11-18(16(26)27)6-8-23(9-7-18)17(28)29/h1-5,13-14H,6-11H2,(H,26,27)(H,28,29)/t13-,14+/m0/s1. The fraction of sp³-hybridized carbons (Fsp3) is 0.526. The van der Waals surface area contributed by atoms with E-state index in [0.29, 0.717) is 11.3 Å². The summed E-state index contributed by atoms with van der Waals surface area (Å²) in [5, 5.41) is 18.8. The quantitative estimate of drug-likeness (QED) is 0.772. The molecule has 1 aliphatic heterocycles. The van der Waals surface area contributed by atoms with Gasteiger partial charge >= 0.3 is 24.1 Å². The van der Waals surface area contributed by atoms with Crippen LogP contribution in [0.4, 0.5) is 18.0 Å². The second-order valence-electron chi connectivity index (χ2n) is 7.61. The largest absolute Gasteiger partial charge is 0.481 e. The average molecular weight is 414 g/mol. The van der Waals surface area contributed by atoms with E-state index in [4.69, 9.17) is 5.11 Å². The molecule has 1 aliphatic carbocycles. The van der Waals surface area contributed by atoms with Crippen molar-refractivity contribution >= 4 is 18.0 Å². The van der Waals surface area contributed by atoms with Crippen molar-refractivity contribution in [2.45, 2.75) is 37.4 Å². The van der Waals surface area contributed by atoms with Crippen molar-refractivity contribution in [3.05, 3.63) is 35.9 Å². The van der Waals surface area contributed by atoms with Crippen LogP contribution >= 0.6 is 0 Å². The summed E-state index contributed by atoms with van der Waals surface area (Å²) in [5.41, 5.74) is -0.820. The number of piperidine rings is 1. The summed E-state index contributed by atoms with van der Waals surface area (Å²) >= 11 is 0. The molecule has 1 heterocycles. The zero-order valence-corrected chi connectivity index (χ0v) is 15.4. The van der Waals surface area contributed by atoms with Crippen molar-refractivity contribution < 1.29 is 37.8 Å². The fourth-order valence-corrected chi connectivity index (χ4v) is 3.98. The van der Waals surface area contributed by atoms with E-state index in [0.717, 1.165) is 10.5 Å². The van der Waals surface area contributed by atoms with Crippen LogP contribution in [0.25, 0.3) is 0 Å². The number of halogens is 3. The van der Waals surface area contributed by atoms with E-state index in [9.17, 15) is 32.7 Å². The molecule has 0 aromatic heterocycles. The van der Waals surface area contributed by atoms with Crippen LogP contribution in [0.5, 0.6) is 0 Å². The van der Waals surface area contributed by atoms with Crippen molar-refractivity contribution in [1.29, 1.82) is 0 Å². The van der Waals surface area contributed by atoms with E-state index in [2.05, 4.69) is 0 Å². The van der Waals surface area contributed by atoms with E-state index in [1.54, 1.807) is 30.3 Å². The number of aliphatic carboxylic acids is 1. The van der Waals surface area contributed by atoms with Gasteiger partial charge in [0.25, 0.3) is 0 Å². The molecule has 0 radical (unpaired) electrons. The minimum Gasteiger partial charge on any atom is -0.481 e. The topological polar surface area (TPSA) is 98.2 Å². The predicted molar refractivity (Wildman–Crippen MR) is 94.3 cm³/mol. The number of hydrogen-bond donors (Lipinski definition) is 2. The van der Waals surface area contributed by atoms with Crippen LogP contribution in [0.1, 0.15) is 30.7 Å². The lowest BCUT2D eigenvalue weighted by molar-refractivity contribution is -0.189. The number of carboxylic acid groups (broad SMARTS) is 2. The second kappa shape index (κ2) is 7.57. The first-order valence-corrected chi connectivity index (χ1v) is 9.19. The molecule has 2 aliphatic rings. The Morgan fingerprint density at radius 3 is 2.17 bits per heavy atom.